The largest absolute Gasteiger partial charge is 0.368 e. The molecule has 3 heterocycles. The number of nitrogen functional groups attached to an aromatic ring is 1. The van der Waals surface area contributed by atoms with E-state index in [2.05, 4.69) is 9.97 Å². The van der Waals surface area contributed by atoms with Gasteiger partial charge in [0.25, 0.3) is 0 Å². The third kappa shape index (κ3) is 2.50. The molecular weight excluding hydrogens is 284 g/mol. The molecule has 8 heteroatoms. The molecule has 0 aromatic carbocycles. The van der Waals surface area contributed by atoms with Crippen LogP contribution in [0.5, 0.6) is 0 Å². The van der Waals surface area contributed by atoms with Crippen LogP contribution in [0.2, 0.25) is 0 Å². The molecule has 19 heavy (non-hydrogen) atoms. The summed E-state index contributed by atoms with van der Waals surface area (Å²) in [5.41, 5.74) is 5.72. The zero-order valence-electron chi connectivity index (χ0n) is 10.2. The molecule has 2 aromatic rings. The molecule has 0 unspecified atom stereocenters. The molecule has 2 N–H and O–H groups in total. The monoisotopic (exact) mass is 298 g/mol. The van der Waals surface area contributed by atoms with E-state index in [1.165, 1.54) is 11.3 Å². The first kappa shape index (κ1) is 12.6. The lowest BCUT2D eigenvalue weighted by atomic mass is 10.3. The van der Waals surface area contributed by atoms with E-state index in [0.717, 1.165) is 16.0 Å². The maximum absolute atomic E-state index is 11.6. The van der Waals surface area contributed by atoms with Crippen molar-refractivity contribution in [2.45, 2.75) is 6.42 Å². The van der Waals surface area contributed by atoms with Crippen molar-refractivity contribution < 1.29 is 8.42 Å². The van der Waals surface area contributed by atoms with E-state index in [1.54, 1.807) is 0 Å². The summed E-state index contributed by atoms with van der Waals surface area (Å²) in [7, 11) is -2.92. The highest BCUT2D eigenvalue weighted by Crippen LogP contribution is 2.29. The minimum atomic E-state index is -2.92. The molecule has 1 aliphatic rings. The Kier molecular flexibility index (Phi) is 3.06. The fourth-order valence-corrected chi connectivity index (χ4v) is 4.28. The van der Waals surface area contributed by atoms with E-state index in [9.17, 15) is 8.42 Å². The van der Waals surface area contributed by atoms with Gasteiger partial charge in [-0.15, -0.1) is 11.3 Å². The smallest absolute Gasteiger partial charge is 0.223 e. The summed E-state index contributed by atoms with van der Waals surface area (Å²) in [6.07, 6.45) is 0.623. The molecule has 102 valence electrons. The van der Waals surface area contributed by atoms with Crippen LogP contribution >= 0.6 is 11.3 Å². The summed E-state index contributed by atoms with van der Waals surface area (Å²) in [6, 6.07) is 1.95. The average Bonchev–Trinajstić information content (AvgIpc) is 2.72. The molecule has 3 rings (SSSR count). The molecular formula is C11H14N4O2S2. The lowest BCUT2D eigenvalue weighted by Crippen LogP contribution is -2.28. The van der Waals surface area contributed by atoms with Gasteiger partial charge in [-0.3, -0.25) is 0 Å². The minimum Gasteiger partial charge on any atom is -0.368 e. The Bertz CT molecular complexity index is 711. The van der Waals surface area contributed by atoms with E-state index >= 15 is 0 Å². The van der Waals surface area contributed by atoms with E-state index in [-0.39, 0.29) is 17.5 Å². The third-order valence-electron chi connectivity index (χ3n) is 3.18. The van der Waals surface area contributed by atoms with Crippen molar-refractivity contribution in [2.75, 3.05) is 35.2 Å². The number of nitrogens with two attached hydrogens (primary N) is 1. The minimum absolute atomic E-state index is 0.169. The number of aromatic nitrogens is 2. The first-order chi connectivity index (χ1) is 9.05. The van der Waals surface area contributed by atoms with Gasteiger partial charge in [0, 0.05) is 13.1 Å². The molecule has 6 nitrogen and oxygen atoms in total. The lowest BCUT2D eigenvalue weighted by Gasteiger charge is -2.21. The van der Waals surface area contributed by atoms with Crippen molar-refractivity contribution >= 4 is 43.2 Å². The first-order valence-electron chi connectivity index (χ1n) is 6.01. The highest BCUT2D eigenvalue weighted by molar-refractivity contribution is 7.91. The van der Waals surface area contributed by atoms with Crippen LogP contribution in [-0.2, 0) is 9.84 Å². The second-order valence-corrected chi connectivity index (χ2v) is 7.74. The predicted molar refractivity (Wildman–Crippen MR) is 77.3 cm³/mol. The van der Waals surface area contributed by atoms with Crippen LogP contribution in [0.4, 0.5) is 11.8 Å². The summed E-state index contributed by atoms with van der Waals surface area (Å²) >= 11 is 1.51. The van der Waals surface area contributed by atoms with E-state index < -0.39 is 9.84 Å². The Morgan fingerprint density at radius 1 is 1.26 bits per heavy atom. The summed E-state index contributed by atoms with van der Waals surface area (Å²) in [4.78, 5) is 11.3. The standard InChI is InChI=1S/C11H14N4O2S2/c12-11-13-9(8-2-5-18-10(8)14-11)15-3-1-6-19(16,17)7-4-15/h2,5H,1,3-4,6-7H2,(H2,12,13,14). The van der Waals surface area contributed by atoms with Crippen LogP contribution in [-0.4, -0.2) is 43.0 Å². The number of hydrogen-bond donors (Lipinski definition) is 1. The molecule has 0 bridgehead atoms. The molecule has 0 radical (unpaired) electrons. The van der Waals surface area contributed by atoms with Crippen molar-refractivity contribution in [3.63, 3.8) is 0 Å². The topological polar surface area (TPSA) is 89.2 Å². The number of sulfone groups is 1. The summed E-state index contributed by atoms with van der Waals surface area (Å²) < 4.78 is 23.3. The number of fused-ring (bicyclic) bond motifs is 1. The molecule has 1 fully saturated rings. The quantitative estimate of drug-likeness (QED) is 0.841. The van der Waals surface area contributed by atoms with Crippen LogP contribution in [0.15, 0.2) is 11.4 Å². The second-order valence-electron chi connectivity index (χ2n) is 4.54. The van der Waals surface area contributed by atoms with Gasteiger partial charge in [0.2, 0.25) is 5.95 Å². The Morgan fingerprint density at radius 2 is 2.11 bits per heavy atom. The number of rotatable bonds is 1. The molecule has 1 aliphatic heterocycles. The molecule has 0 spiro atoms. The zero-order chi connectivity index (χ0) is 13.5. The second kappa shape index (κ2) is 4.61. The van der Waals surface area contributed by atoms with Gasteiger partial charge >= 0.3 is 0 Å². The van der Waals surface area contributed by atoms with Crippen molar-refractivity contribution in [3.05, 3.63) is 11.4 Å². The van der Waals surface area contributed by atoms with Gasteiger partial charge < -0.3 is 10.6 Å². The normalized spacial score (nSPS) is 19.5. The van der Waals surface area contributed by atoms with Crippen LogP contribution in [0.25, 0.3) is 10.2 Å². The average molecular weight is 298 g/mol. The summed E-state index contributed by atoms with van der Waals surface area (Å²) in [5.74, 6) is 1.40. The lowest BCUT2D eigenvalue weighted by molar-refractivity contribution is 0.597. The Balaban J connectivity index is 2.02. The highest BCUT2D eigenvalue weighted by Gasteiger charge is 2.22. The van der Waals surface area contributed by atoms with Crippen LogP contribution in [0.1, 0.15) is 6.42 Å². The van der Waals surface area contributed by atoms with Gasteiger partial charge in [0.1, 0.15) is 10.6 Å². The highest BCUT2D eigenvalue weighted by atomic mass is 32.2. The maximum Gasteiger partial charge on any atom is 0.223 e. The summed E-state index contributed by atoms with van der Waals surface area (Å²) in [6.45, 7) is 1.14. The molecule has 0 atom stereocenters. The van der Waals surface area contributed by atoms with Gasteiger partial charge in [-0.2, -0.15) is 4.98 Å². The fourth-order valence-electron chi connectivity index (χ4n) is 2.25. The number of hydrogen-bond acceptors (Lipinski definition) is 7. The third-order valence-corrected chi connectivity index (χ3v) is 5.70. The molecule has 0 aliphatic carbocycles. The van der Waals surface area contributed by atoms with Crippen molar-refractivity contribution in [1.29, 1.82) is 0 Å². The zero-order valence-corrected chi connectivity index (χ0v) is 11.9. The van der Waals surface area contributed by atoms with Gasteiger partial charge in [0.15, 0.2) is 9.84 Å². The van der Waals surface area contributed by atoms with Crippen molar-refractivity contribution in [2.24, 2.45) is 0 Å². The SMILES string of the molecule is Nc1nc(N2CCCS(=O)(=O)CC2)c2ccsc2n1. The van der Waals surface area contributed by atoms with E-state index in [0.29, 0.717) is 19.5 Å². The number of thiophene rings is 1. The van der Waals surface area contributed by atoms with Crippen LogP contribution in [0, 0.1) is 0 Å². The Labute approximate surface area is 115 Å². The summed E-state index contributed by atoms with van der Waals surface area (Å²) in [5, 5.41) is 2.88. The Morgan fingerprint density at radius 3 is 2.95 bits per heavy atom. The Hall–Kier alpha value is -1.41. The molecule has 2 aromatic heterocycles. The van der Waals surface area contributed by atoms with Gasteiger partial charge in [-0.05, 0) is 17.9 Å². The van der Waals surface area contributed by atoms with E-state index in [1.807, 2.05) is 16.3 Å². The van der Waals surface area contributed by atoms with Gasteiger partial charge in [0.05, 0.1) is 16.9 Å². The maximum atomic E-state index is 11.6. The predicted octanol–water partition coefficient (Wildman–Crippen LogP) is 0.898. The molecule has 1 saturated heterocycles. The van der Waals surface area contributed by atoms with Crippen LogP contribution in [0.3, 0.4) is 0 Å². The van der Waals surface area contributed by atoms with E-state index in [4.69, 9.17) is 5.73 Å². The van der Waals surface area contributed by atoms with Gasteiger partial charge in [-0.25, -0.2) is 13.4 Å². The number of nitrogens with zero attached hydrogens (tertiary/aromatic N) is 3. The van der Waals surface area contributed by atoms with Crippen molar-refractivity contribution in [1.82, 2.24) is 9.97 Å². The molecule has 0 saturated carbocycles. The van der Waals surface area contributed by atoms with Gasteiger partial charge in [-0.1, -0.05) is 0 Å². The molecule has 0 amide bonds. The number of anilines is 2. The van der Waals surface area contributed by atoms with Crippen molar-refractivity contribution in [3.8, 4) is 0 Å². The van der Waals surface area contributed by atoms with Crippen LogP contribution < -0.4 is 10.6 Å². The fraction of sp³-hybridized carbons (Fsp3) is 0.455. The first-order valence-corrected chi connectivity index (χ1v) is 8.71.